The Labute approximate surface area is 64.3 Å². The first-order valence-corrected chi connectivity index (χ1v) is 4.46. The molecule has 1 aliphatic rings. The Balaban J connectivity index is 2.04. The minimum Gasteiger partial charge on any atom is -0.390 e. The summed E-state index contributed by atoms with van der Waals surface area (Å²) < 4.78 is 0. The number of rotatable bonds is 2. The summed E-state index contributed by atoms with van der Waals surface area (Å²) >= 11 is 1.70. The molecule has 0 atom stereocenters. The molecule has 0 aromatic carbocycles. The standard InChI is InChI=1S/C8H10OS/c9-8(2-3-8)5-7-1-4-10-6-7/h1,4,6,9H,2-3,5H2. The Hall–Kier alpha value is -0.340. The Morgan fingerprint density at radius 2 is 2.40 bits per heavy atom. The van der Waals surface area contributed by atoms with Crippen molar-refractivity contribution in [3.63, 3.8) is 0 Å². The fraction of sp³-hybridized carbons (Fsp3) is 0.500. The van der Waals surface area contributed by atoms with E-state index in [0.717, 1.165) is 19.3 Å². The third-order valence-electron chi connectivity index (χ3n) is 1.94. The van der Waals surface area contributed by atoms with E-state index in [1.54, 1.807) is 11.3 Å². The van der Waals surface area contributed by atoms with Gasteiger partial charge in [0.2, 0.25) is 0 Å². The lowest BCUT2D eigenvalue weighted by molar-refractivity contribution is 0.151. The molecule has 0 unspecified atom stereocenters. The zero-order chi connectivity index (χ0) is 7.03. The van der Waals surface area contributed by atoms with Crippen LogP contribution in [0.5, 0.6) is 0 Å². The van der Waals surface area contributed by atoms with Crippen LogP contribution in [0.3, 0.4) is 0 Å². The molecule has 0 aliphatic heterocycles. The Morgan fingerprint density at radius 3 is 2.90 bits per heavy atom. The maximum atomic E-state index is 9.51. The molecule has 0 spiro atoms. The molecule has 0 saturated heterocycles. The average molecular weight is 154 g/mol. The largest absolute Gasteiger partial charge is 0.390 e. The van der Waals surface area contributed by atoms with E-state index in [-0.39, 0.29) is 5.60 Å². The van der Waals surface area contributed by atoms with Gasteiger partial charge in [-0.2, -0.15) is 11.3 Å². The third-order valence-corrected chi connectivity index (χ3v) is 2.67. The highest BCUT2D eigenvalue weighted by Crippen LogP contribution is 2.38. The summed E-state index contributed by atoms with van der Waals surface area (Å²) in [5, 5.41) is 13.7. The van der Waals surface area contributed by atoms with Crippen LogP contribution in [0.4, 0.5) is 0 Å². The third kappa shape index (κ3) is 1.22. The maximum absolute atomic E-state index is 9.51. The SMILES string of the molecule is OC1(Cc2ccsc2)CC1. The molecule has 54 valence electrons. The molecule has 1 N–H and O–H groups in total. The lowest BCUT2D eigenvalue weighted by atomic mass is 10.1. The monoisotopic (exact) mass is 154 g/mol. The second-order valence-electron chi connectivity index (χ2n) is 3.03. The highest BCUT2D eigenvalue weighted by molar-refractivity contribution is 7.07. The van der Waals surface area contributed by atoms with Crippen molar-refractivity contribution in [2.45, 2.75) is 24.9 Å². The van der Waals surface area contributed by atoms with Crippen LogP contribution in [0, 0.1) is 0 Å². The zero-order valence-electron chi connectivity index (χ0n) is 5.71. The fourth-order valence-electron chi connectivity index (χ4n) is 1.09. The molecule has 2 heteroatoms. The summed E-state index contributed by atoms with van der Waals surface area (Å²) in [4.78, 5) is 0. The molecule has 1 nitrogen and oxygen atoms in total. The van der Waals surface area contributed by atoms with Gasteiger partial charge in [0.25, 0.3) is 0 Å². The van der Waals surface area contributed by atoms with Crippen molar-refractivity contribution >= 4 is 11.3 Å². The van der Waals surface area contributed by atoms with Gasteiger partial charge in [-0.25, -0.2) is 0 Å². The summed E-state index contributed by atoms with van der Waals surface area (Å²) in [6.07, 6.45) is 2.84. The Morgan fingerprint density at radius 1 is 1.60 bits per heavy atom. The zero-order valence-corrected chi connectivity index (χ0v) is 6.53. The molecule has 1 fully saturated rings. The van der Waals surface area contributed by atoms with E-state index in [2.05, 4.69) is 16.8 Å². The van der Waals surface area contributed by atoms with Gasteiger partial charge in [-0.15, -0.1) is 0 Å². The van der Waals surface area contributed by atoms with Crippen molar-refractivity contribution in [2.75, 3.05) is 0 Å². The van der Waals surface area contributed by atoms with Gasteiger partial charge in [0, 0.05) is 6.42 Å². The molecule has 1 aliphatic carbocycles. The summed E-state index contributed by atoms with van der Waals surface area (Å²) in [6, 6.07) is 2.08. The van der Waals surface area contributed by atoms with Crippen molar-refractivity contribution in [1.29, 1.82) is 0 Å². The molecule has 1 heterocycles. The van der Waals surface area contributed by atoms with E-state index in [4.69, 9.17) is 0 Å². The lowest BCUT2D eigenvalue weighted by Crippen LogP contribution is -2.09. The van der Waals surface area contributed by atoms with Gasteiger partial charge in [0.15, 0.2) is 0 Å². The van der Waals surface area contributed by atoms with Gasteiger partial charge in [0.05, 0.1) is 5.60 Å². The maximum Gasteiger partial charge on any atom is 0.0690 e. The number of hydrogen-bond acceptors (Lipinski definition) is 2. The summed E-state index contributed by atoms with van der Waals surface area (Å²) in [5.74, 6) is 0. The van der Waals surface area contributed by atoms with Crippen molar-refractivity contribution in [3.05, 3.63) is 22.4 Å². The van der Waals surface area contributed by atoms with Gasteiger partial charge in [-0.1, -0.05) is 0 Å². The van der Waals surface area contributed by atoms with E-state index < -0.39 is 0 Å². The first-order valence-electron chi connectivity index (χ1n) is 3.52. The lowest BCUT2D eigenvalue weighted by Gasteiger charge is -2.03. The summed E-state index contributed by atoms with van der Waals surface area (Å²) in [7, 11) is 0. The molecule has 0 bridgehead atoms. The molecular formula is C8H10OS. The average Bonchev–Trinajstić information content (AvgIpc) is 2.47. The second kappa shape index (κ2) is 2.07. The number of thiophene rings is 1. The molecule has 1 aromatic heterocycles. The van der Waals surface area contributed by atoms with Crippen molar-refractivity contribution in [3.8, 4) is 0 Å². The molecule has 0 radical (unpaired) electrons. The van der Waals surface area contributed by atoms with Crippen molar-refractivity contribution < 1.29 is 5.11 Å². The van der Waals surface area contributed by atoms with Gasteiger partial charge >= 0.3 is 0 Å². The smallest absolute Gasteiger partial charge is 0.0690 e. The Bertz CT molecular complexity index is 211. The van der Waals surface area contributed by atoms with Crippen LogP contribution in [0.1, 0.15) is 18.4 Å². The molecule has 10 heavy (non-hydrogen) atoms. The van der Waals surface area contributed by atoms with Crippen LogP contribution >= 0.6 is 11.3 Å². The van der Waals surface area contributed by atoms with E-state index in [1.165, 1.54) is 5.56 Å². The van der Waals surface area contributed by atoms with Crippen molar-refractivity contribution in [1.82, 2.24) is 0 Å². The first-order chi connectivity index (χ1) is 4.79. The summed E-state index contributed by atoms with van der Waals surface area (Å²) in [6.45, 7) is 0. The molecular weight excluding hydrogens is 144 g/mol. The quantitative estimate of drug-likeness (QED) is 0.689. The van der Waals surface area contributed by atoms with Crippen LogP contribution in [0.15, 0.2) is 16.8 Å². The minimum absolute atomic E-state index is 0.318. The normalized spacial score (nSPS) is 20.9. The topological polar surface area (TPSA) is 20.2 Å². The molecule has 0 amide bonds. The van der Waals surface area contributed by atoms with Crippen LogP contribution < -0.4 is 0 Å². The van der Waals surface area contributed by atoms with E-state index in [0.29, 0.717) is 0 Å². The Kier molecular flexibility index (Phi) is 1.32. The predicted octanol–water partition coefficient (Wildman–Crippen LogP) is 1.82. The molecule has 2 rings (SSSR count). The molecule has 1 saturated carbocycles. The van der Waals surface area contributed by atoms with Crippen LogP contribution in [0.2, 0.25) is 0 Å². The first kappa shape index (κ1) is 6.38. The van der Waals surface area contributed by atoms with Crippen LogP contribution in [0.25, 0.3) is 0 Å². The molecule has 1 aromatic rings. The summed E-state index contributed by atoms with van der Waals surface area (Å²) in [5.41, 5.74) is 0.964. The van der Waals surface area contributed by atoms with Gasteiger partial charge < -0.3 is 5.11 Å². The van der Waals surface area contributed by atoms with E-state index in [9.17, 15) is 5.11 Å². The van der Waals surface area contributed by atoms with E-state index >= 15 is 0 Å². The number of aliphatic hydroxyl groups is 1. The fourth-order valence-corrected chi connectivity index (χ4v) is 1.76. The van der Waals surface area contributed by atoms with Crippen molar-refractivity contribution in [2.24, 2.45) is 0 Å². The highest BCUT2D eigenvalue weighted by atomic mass is 32.1. The van der Waals surface area contributed by atoms with Gasteiger partial charge in [-0.3, -0.25) is 0 Å². The number of hydrogen-bond donors (Lipinski definition) is 1. The van der Waals surface area contributed by atoms with Crippen LogP contribution in [-0.2, 0) is 6.42 Å². The highest BCUT2D eigenvalue weighted by Gasteiger charge is 2.39. The van der Waals surface area contributed by atoms with Crippen LogP contribution in [-0.4, -0.2) is 10.7 Å². The van der Waals surface area contributed by atoms with E-state index in [1.807, 2.05) is 0 Å². The van der Waals surface area contributed by atoms with Gasteiger partial charge in [0.1, 0.15) is 0 Å². The minimum atomic E-state index is -0.318. The second-order valence-corrected chi connectivity index (χ2v) is 3.81. The van der Waals surface area contributed by atoms with Gasteiger partial charge in [-0.05, 0) is 35.2 Å². The predicted molar refractivity (Wildman–Crippen MR) is 42.2 cm³/mol.